The summed E-state index contributed by atoms with van der Waals surface area (Å²) in [7, 11) is 0. The number of benzene rings is 1. The molecule has 4 heterocycles. The highest BCUT2D eigenvalue weighted by atomic mass is 19.3. The van der Waals surface area contributed by atoms with Crippen LogP contribution in [0.5, 0.6) is 5.75 Å². The molecule has 1 aromatic carbocycles. The molecule has 190 valence electrons. The number of nitrogens with one attached hydrogen (secondary N) is 1. The molecule has 1 fully saturated rings. The summed E-state index contributed by atoms with van der Waals surface area (Å²) in [5.41, 5.74) is 8.49. The predicted octanol–water partition coefficient (Wildman–Crippen LogP) is 3.67. The number of aromatic nitrogens is 2. The van der Waals surface area contributed by atoms with Crippen LogP contribution >= 0.6 is 0 Å². The summed E-state index contributed by atoms with van der Waals surface area (Å²) >= 11 is 0. The lowest BCUT2D eigenvalue weighted by molar-refractivity contribution is 0.0854. The molecule has 2 aliphatic rings. The average molecular weight is 499 g/mol. The zero-order valence-electron chi connectivity index (χ0n) is 20.1. The van der Waals surface area contributed by atoms with Crippen molar-refractivity contribution in [1.82, 2.24) is 14.9 Å². The molecule has 5 rings (SSSR count). The van der Waals surface area contributed by atoms with Crippen LogP contribution in [0.25, 0.3) is 11.5 Å². The lowest BCUT2D eigenvalue weighted by Gasteiger charge is -2.37. The van der Waals surface area contributed by atoms with Crippen molar-refractivity contribution in [2.45, 2.75) is 32.3 Å². The molecule has 0 atom stereocenters. The number of halogens is 2. The number of nitrogens with two attached hydrogens (primary N) is 1. The van der Waals surface area contributed by atoms with Crippen molar-refractivity contribution in [2.24, 2.45) is 0 Å². The highest BCUT2D eigenvalue weighted by molar-refractivity contribution is 6.05. The van der Waals surface area contributed by atoms with Crippen molar-refractivity contribution in [2.75, 3.05) is 48.7 Å². The Morgan fingerprint density at radius 1 is 1.22 bits per heavy atom. The Labute approximate surface area is 207 Å². The molecule has 0 saturated carbocycles. The highest BCUT2D eigenvalue weighted by Crippen LogP contribution is 2.42. The number of amides is 1. The van der Waals surface area contributed by atoms with Crippen molar-refractivity contribution < 1.29 is 22.7 Å². The molecule has 2 aromatic heterocycles. The predicted molar refractivity (Wildman–Crippen MR) is 132 cm³/mol. The van der Waals surface area contributed by atoms with E-state index in [0.29, 0.717) is 49.7 Å². The van der Waals surface area contributed by atoms with Crippen molar-refractivity contribution in [3.8, 4) is 17.2 Å². The number of hydrogen-bond donors (Lipinski definition) is 2. The normalized spacial score (nSPS) is 17.2. The van der Waals surface area contributed by atoms with Gasteiger partial charge in [-0.05, 0) is 32.0 Å². The van der Waals surface area contributed by atoms with Gasteiger partial charge in [0.2, 0.25) is 5.89 Å². The van der Waals surface area contributed by atoms with Gasteiger partial charge in [-0.1, -0.05) is 0 Å². The maximum Gasteiger partial charge on any atom is 0.277 e. The van der Waals surface area contributed by atoms with Crippen molar-refractivity contribution in [1.29, 1.82) is 0 Å². The molecule has 3 N–H and O–H groups in total. The first-order chi connectivity index (χ1) is 17.2. The minimum absolute atomic E-state index is 0.116. The lowest BCUT2D eigenvalue weighted by Crippen LogP contribution is -2.48. The molecule has 3 aromatic rings. The number of oxazole rings is 1. The van der Waals surface area contributed by atoms with Crippen LogP contribution < -0.4 is 20.7 Å². The van der Waals surface area contributed by atoms with Gasteiger partial charge in [0.25, 0.3) is 12.3 Å². The number of anilines is 3. The zero-order chi connectivity index (χ0) is 25.4. The fourth-order valence-electron chi connectivity index (χ4n) is 4.65. The topological polar surface area (TPSA) is 110 Å². The molecule has 0 aliphatic carbocycles. The molecule has 2 aliphatic heterocycles. The quantitative estimate of drug-likeness (QED) is 0.530. The van der Waals surface area contributed by atoms with Gasteiger partial charge < -0.3 is 25.1 Å². The molecule has 0 bridgehead atoms. The Kier molecular flexibility index (Phi) is 6.25. The Morgan fingerprint density at radius 2 is 2.00 bits per heavy atom. The third-order valence-electron chi connectivity index (χ3n) is 6.30. The number of pyridine rings is 1. The molecule has 36 heavy (non-hydrogen) atoms. The number of rotatable bonds is 6. The first-order valence-corrected chi connectivity index (χ1v) is 11.8. The van der Waals surface area contributed by atoms with Gasteiger partial charge in [0.15, 0.2) is 5.69 Å². The summed E-state index contributed by atoms with van der Waals surface area (Å²) in [6.45, 7) is 5.89. The van der Waals surface area contributed by atoms with E-state index in [2.05, 4.69) is 20.2 Å². The number of carbonyl (C=O) groups excluding carboxylic acids is 1. The van der Waals surface area contributed by atoms with E-state index in [0.717, 1.165) is 17.0 Å². The molecule has 1 saturated heterocycles. The number of ether oxygens (including phenoxy) is 1. The maximum atomic E-state index is 13.1. The number of alkyl halides is 2. The van der Waals surface area contributed by atoms with E-state index < -0.39 is 12.3 Å². The minimum atomic E-state index is -2.36. The van der Waals surface area contributed by atoms with Crippen molar-refractivity contribution >= 4 is 23.1 Å². The smallest absolute Gasteiger partial charge is 0.277 e. The second kappa shape index (κ2) is 9.38. The Balaban J connectivity index is 1.39. The SMILES string of the molecule is CC1(C)Cc2cc(NC(=O)c3coc(-c4ccnc(N)c4)n3)c(N3CCN(CC(F)F)CC3)cc2O1. The Hall–Kier alpha value is -3.73. The van der Waals surface area contributed by atoms with E-state index in [-0.39, 0.29) is 23.7 Å². The summed E-state index contributed by atoms with van der Waals surface area (Å²) in [5.74, 6) is 0.914. The third-order valence-corrected chi connectivity index (χ3v) is 6.30. The summed E-state index contributed by atoms with van der Waals surface area (Å²) in [4.78, 5) is 25.2. The van der Waals surface area contributed by atoms with Crippen molar-refractivity contribution in [3.05, 3.63) is 48.0 Å². The van der Waals surface area contributed by atoms with E-state index in [1.165, 1.54) is 12.5 Å². The van der Waals surface area contributed by atoms with Crippen molar-refractivity contribution in [3.63, 3.8) is 0 Å². The van der Waals surface area contributed by atoms with Gasteiger partial charge in [0.1, 0.15) is 23.4 Å². The van der Waals surface area contributed by atoms with E-state index in [9.17, 15) is 13.6 Å². The number of piperazine rings is 1. The van der Waals surface area contributed by atoms with Crippen LogP contribution in [-0.4, -0.2) is 65.5 Å². The number of nitrogens with zero attached hydrogens (tertiary/aromatic N) is 4. The van der Waals surface area contributed by atoms with Crippen LogP contribution in [-0.2, 0) is 6.42 Å². The summed E-state index contributed by atoms with van der Waals surface area (Å²) < 4.78 is 37.3. The number of nitrogen functional groups attached to an aromatic ring is 1. The van der Waals surface area contributed by atoms with Gasteiger partial charge >= 0.3 is 0 Å². The Bertz CT molecular complexity index is 1270. The monoisotopic (exact) mass is 498 g/mol. The minimum Gasteiger partial charge on any atom is -0.487 e. The number of fused-ring (bicyclic) bond motifs is 1. The van der Waals surface area contributed by atoms with Gasteiger partial charge in [-0.2, -0.15) is 0 Å². The molecule has 11 heteroatoms. The van der Waals surface area contributed by atoms with Gasteiger partial charge in [-0.15, -0.1) is 0 Å². The summed E-state index contributed by atoms with van der Waals surface area (Å²) in [6.07, 6.45) is 1.17. The molecule has 9 nitrogen and oxygen atoms in total. The number of carbonyl (C=O) groups is 1. The first kappa shape index (κ1) is 24.0. The van der Waals surface area contributed by atoms with Crippen LogP contribution in [0, 0.1) is 0 Å². The molecule has 0 spiro atoms. The van der Waals surface area contributed by atoms with Crippen LogP contribution in [0.1, 0.15) is 29.9 Å². The fraction of sp³-hybridized carbons (Fsp3) is 0.400. The average Bonchev–Trinajstić information content (AvgIpc) is 3.42. The molecule has 0 unspecified atom stereocenters. The number of hydrogen-bond acceptors (Lipinski definition) is 8. The van der Waals surface area contributed by atoms with Crippen LogP contribution in [0.15, 0.2) is 41.1 Å². The second-order valence-corrected chi connectivity index (χ2v) is 9.66. The van der Waals surface area contributed by atoms with Gasteiger partial charge in [-0.3, -0.25) is 9.69 Å². The maximum absolute atomic E-state index is 13.1. The van der Waals surface area contributed by atoms with Gasteiger partial charge in [0, 0.05) is 56.0 Å². The van der Waals surface area contributed by atoms with E-state index in [1.807, 2.05) is 26.0 Å². The van der Waals surface area contributed by atoms with Gasteiger partial charge in [-0.25, -0.2) is 18.7 Å². The molecule has 0 radical (unpaired) electrons. The van der Waals surface area contributed by atoms with E-state index in [4.69, 9.17) is 14.9 Å². The van der Waals surface area contributed by atoms with E-state index in [1.54, 1.807) is 17.0 Å². The second-order valence-electron chi connectivity index (χ2n) is 9.66. The summed E-state index contributed by atoms with van der Waals surface area (Å²) in [5, 5.41) is 2.97. The third kappa shape index (κ3) is 5.11. The molecule has 1 amide bonds. The van der Waals surface area contributed by atoms with Crippen LogP contribution in [0.4, 0.5) is 26.0 Å². The first-order valence-electron chi connectivity index (χ1n) is 11.8. The standard InChI is InChI=1S/C25H28F2N6O3/c1-25(2)12-16-9-17(19(11-20(16)36-25)33-7-5-32(6-8-33)13-21(26)27)30-23(34)18-14-35-24(31-18)15-3-4-29-22(28)10-15/h3-4,9-11,14,21H,5-8,12-13H2,1-2H3,(H2,28,29)(H,30,34). The van der Waals surface area contributed by atoms with Crippen LogP contribution in [0.2, 0.25) is 0 Å². The molecular weight excluding hydrogens is 470 g/mol. The summed E-state index contributed by atoms with van der Waals surface area (Å²) in [6, 6.07) is 7.16. The highest BCUT2D eigenvalue weighted by Gasteiger charge is 2.33. The van der Waals surface area contributed by atoms with Gasteiger partial charge in [0.05, 0.1) is 17.9 Å². The van der Waals surface area contributed by atoms with E-state index >= 15 is 0 Å². The fourth-order valence-corrected chi connectivity index (χ4v) is 4.65. The Morgan fingerprint density at radius 3 is 2.72 bits per heavy atom. The van der Waals surface area contributed by atoms with Crippen LogP contribution in [0.3, 0.4) is 0 Å². The lowest BCUT2D eigenvalue weighted by atomic mass is 10.0. The molecular formula is C25H28F2N6O3. The largest absolute Gasteiger partial charge is 0.487 e. The zero-order valence-corrected chi connectivity index (χ0v) is 20.1.